The van der Waals surface area contributed by atoms with Crippen molar-refractivity contribution in [3.05, 3.63) is 30.3 Å². The van der Waals surface area contributed by atoms with Crippen LogP contribution in [0, 0.1) is 17.2 Å². The molecular formula is C14H18N2. The van der Waals surface area contributed by atoms with Crippen molar-refractivity contribution in [1.29, 1.82) is 5.26 Å². The van der Waals surface area contributed by atoms with Crippen molar-refractivity contribution in [1.82, 2.24) is 0 Å². The third-order valence-corrected chi connectivity index (χ3v) is 3.58. The van der Waals surface area contributed by atoms with Gasteiger partial charge in [0.25, 0.3) is 0 Å². The van der Waals surface area contributed by atoms with Crippen LogP contribution in [0.15, 0.2) is 30.3 Å². The second-order valence-electron chi connectivity index (χ2n) is 4.79. The van der Waals surface area contributed by atoms with E-state index in [4.69, 9.17) is 0 Å². The summed E-state index contributed by atoms with van der Waals surface area (Å²) >= 11 is 0. The maximum absolute atomic E-state index is 9.39. The van der Waals surface area contributed by atoms with Crippen LogP contribution in [0.25, 0.3) is 0 Å². The van der Waals surface area contributed by atoms with Crippen molar-refractivity contribution < 1.29 is 0 Å². The molecule has 16 heavy (non-hydrogen) atoms. The van der Waals surface area contributed by atoms with Crippen molar-refractivity contribution in [2.24, 2.45) is 5.92 Å². The lowest BCUT2D eigenvalue weighted by atomic mass is 9.85. The molecule has 0 heterocycles. The van der Waals surface area contributed by atoms with E-state index < -0.39 is 5.54 Å². The molecule has 0 radical (unpaired) electrons. The molecule has 2 heteroatoms. The summed E-state index contributed by atoms with van der Waals surface area (Å²) in [7, 11) is 0. The zero-order valence-electron chi connectivity index (χ0n) is 9.74. The van der Waals surface area contributed by atoms with Crippen LogP contribution in [-0.2, 0) is 0 Å². The minimum atomic E-state index is -0.419. The fourth-order valence-electron chi connectivity index (χ4n) is 2.55. The van der Waals surface area contributed by atoms with Crippen LogP contribution in [0.4, 0.5) is 5.69 Å². The summed E-state index contributed by atoms with van der Waals surface area (Å²) in [6.07, 6.45) is 4.87. The molecule has 1 saturated carbocycles. The smallest absolute Gasteiger partial charge is 0.125 e. The molecule has 0 saturated heterocycles. The number of rotatable bonds is 3. The van der Waals surface area contributed by atoms with E-state index in [2.05, 4.69) is 11.4 Å². The van der Waals surface area contributed by atoms with Gasteiger partial charge < -0.3 is 5.32 Å². The Labute approximate surface area is 97.3 Å². The first kappa shape index (κ1) is 11.0. The van der Waals surface area contributed by atoms with Crippen LogP contribution in [0.1, 0.15) is 32.6 Å². The molecular weight excluding hydrogens is 196 g/mol. The molecule has 1 fully saturated rings. The Morgan fingerprint density at radius 2 is 1.88 bits per heavy atom. The molecule has 84 valence electrons. The van der Waals surface area contributed by atoms with Crippen LogP contribution in [0.3, 0.4) is 0 Å². The number of nitriles is 1. The first-order chi connectivity index (χ1) is 7.74. The Morgan fingerprint density at radius 1 is 1.25 bits per heavy atom. The Kier molecular flexibility index (Phi) is 3.14. The first-order valence-corrected chi connectivity index (χ1v) is 5.99. The van der Waals surface area contributed by atoms with E-state index in [1.54, 1.807) is 0 Å². The molecule has 1 aliphatic carbocycles. The van der Waals surface area contributed by atoms with E-state index in [0.29, 0.717) is 5.92 Å². The highest BCUT2D eigenvalue weighted by Gasteiger charge is 2.36. The Bertz CT molecular complexity index is 373. The first-order valence-electron chi connectivity index (χ1n) is 5.99. The van der Waals surface area contributed by atoms with E-state index in [1.807, 2.05) is 37.3 Å². The molecule has 2 rings (SSSR count). The molecule has 0 amide bonds. The highest BCUT2D eigenvalue weighted by molar-refractivity contribution is 5.47. The zero-order valence-corrected chi connectivity index (χ0v) is 9.74. The number of para-hydroxylation sites is 1. The monoisotopic (exact) mass is 214 g/mol. The van der Waals surface area contributed by atoms with Gasteiger partial charge >= 0.3 is 0 Å². The summed E-state index contributed by atoms with van der Waals surface area (Å²) in [5.74, 6) is 0.484. The van der Waals surface area contributed by atoms with E-state index in [9.17, 15) is 5.26 Å². The predicted molar refractivity (Wildman–Crippen MR) is 66.0 cm³/mol. The van der Waals surface area contributed by atoms with Gasteiger partial charge in [-0.1, -0.05) is 31.0 Å². The Morgan fingerprint density at radius 3 is 2.44 bits per heavy atom. The molecule has 1 aromatic rings. The average molecular weight is 214 g/mol. The van der Waals surface area contributed by atoms with Gasteiger partial charge in [0.2, 0.25) is 0 Å². The number of benzene rings is 1. The third-order valence-electron chi connectivity index (χ3n) is 3.58. The number of anilines is 1. The minimum Gasteiger partial charge on any atom is -0.367 e. The second-order valence-corrected chi connectivity index (χ2v) is 4.79. The lowest BCUT2D eigenvalue weighted by Gasteiger charge is -2.30. The molecule has 0 bridgehead atoms. The number of hydrogen-bond donors (Lipinski definition) is 1. The lowest BCUT2D eigenvalue weighted by molar-refractivity contribution is 0.404. The molecule has 1 aromatic carbocycles. The predicted octanol–water partition coefficient (Wildman–Crippen LogP) is 3.57. The number of hydrogen-bond acceptors (Lipinski definition) is 2. The molecule has 2 nitrogen and oxygen atoms in total. The Hall–Kier alpha value is -1.49. The topological polar surface area (TPSA) is 35.8 Å². The molecule has 0 aromatic heterocycles. The highest BCUT2D eigenvalue weighted by atomic mass is 15.0. The molecule has 1 atom stereocenters. The van der Waals surface area contributed by atoms with Gasteiger partial charge in [-0.25, -0.2) is 0 Å². The van der Waals surface area contributed by atoms with Crippen molar-refractivity contribution >= 4 is 5.69 Å². The van der Waals surface area contributed by atoms with Crippen LogP contribution < -0.4 is 5.32 Å². The zero-order chi connectivity index (χ0) is 11.4. The molecule has 0 aliphatic heterocycles. The van der Waals surface area contributed by atoms with Crippen molar-refractivity contribution in [2.75, 3.05) is 5.32 Å². The van der Waals surface area contributed by atoms with Crippen LogP contribution in [0.5, 0.6) is 0 Å². The largest absolute Gasteiger partial charge is 0.367 e. The summed E-state index contributed by atoms with van der Waals surface area (Å²) in [5.41, 5.74) is 0.621. The van der Waals surface area contributed by atoms with E-state index in [0.717, 1.165) is 5.69 Å². The van der Waals surface area contributed by atoms with Crippen LogP contribution >= 0.6 is 0 Å². The second kappa shape index (κ2) is 4.57. The molecule has 1 aliphatic rings. The number of nitrogens with one attached hydrogen (secondary N) is 1. The summed E-state index contributed by atoms with van der Waals surface area (Å²) in [5, 5.41) is 12.8. The van der Waals surface area contributed by atoms with Gasteiger partial charge in [0.1, 0.15) is 5.54 Å². The minimum absolute atomic E-state index is 0.419. The summed E-state index contributed by atoms with van der Waals surface area (Å²) in [6, 6.07) is 12.5. The molecule has 1 unspecified atom stereocenters. The molecule has 1 N–H and O–H groups in total. The SMILES string of the molecule is CC(C#N)(Nc1ccccc1)C1CCCC1. The fraction of sp³-hybridized carbons (Fsp3) is 0.500. The van der Waals surface area contributed by atoms with Gasteiger partial charge in [-0.05, 0) is 37.8 Å². The molecule has 0 spiro atoms. The van der Waals surface area contributed by atoms with Crippen molar-refractivity contribution in [3.63, 3.8) is 0 Å². The maximum atomic E-state index is 9.39. The summed E-state index contributed by atoms with van der Waals surface area (Å²) < 4.78 is 0. The quantitative estimate of drug-likeness (QED) is 0.835. The van der Waals surface area contributed by atoms with E-state index >= 15 is 0 Å². The van der Waals surface area contributed by atoms with Gasteiger partial charge in [0, 0.05) is 5.69 Å². The average Bonchev–Trinajstić information content (AvgIpc) is 2.84. The van der Waals surface area contributed by atoms with Crippen LogP contribution in [-0.4, -0.2) is 5.54 Å². The normalized spacial score (nSPS) is 20.0. The third kappa shape index (κ3) is 2.19. The van der Waals surface area contributed by atoms with Gasteiger partial charge in [-0.2, -0.15) is 5.26 Å². The van der Waals surface area contributed by atoms with Gasteiger partial charge in [-0.15, -0.1) is 0 Å². The van der Waals surface area contributed by atoms with E-state index in [-0.39, 0.29) is 0 Å². The van der Waals surface area contributed by atoms with Crippen molar-refractivity contribution in [2.45, 2.75) is 38.1 Å². The van der Waals surface area contributed by atoms with Gasteiger partial charge in [-0.3, -0.25) is 0 Å². The number of nitrogens with zero attached hydrogens (tertiary/aromatic N) is 1. The fourth-order valence-corrected chi connectivity index (χ4v) is 2.55. The summed E-state index contributed by atoms with van der Waals surface area (Å²) in [4.78, 5) is 0. The Balaban J connectivity index is 2.13. The van der Waals surface area contributed by atoms with Gasteiger partial charge in [0.05, 0.1) is 6.07 Å². The van der Waals surface area contributed by atoms with E-state index in [1.165, 1.54) is 25.7 Å². The highest BCUT2D eigenvalue weighted by Crippen LogP contribution is 2.35. The van der Waals surface area contributed by atoms with Gasteiger partial charge in [0.15, 0.2) is 0 Å². The van der Waals surface area contributed by atoms with Crippen LogP contribution in [0.2, 0.25) is 0 Å². The summed E-state index contributed by atoms with van der Waals surface area (Å²) in [6.45, 7) is 2.02. The standard InChI is InChI=1S/C14H18N2/c1-14(11-15,12-7-5-6-8-12)16-13-9-3-2-4-10-13/h2-4,9-10,12,16H,5-8H2,1H3. The maximum Gasteiger partial charge on any atom is 0.125 e. The lowest BCUT2D eigenvalue weighted by Crippen LogP contribution is -2.40. The van der Waals surface area contributed by atoms with Crippen molar-refractivity contribution in [3.8, 4) is 6.07 Å².